The summed E-state index contributed by atoms with van der Waals surface area (Å²) in [5.74, 6) is 3.87. The van der Waals surface area contributed by atoms with Crippen LogP contribution in [0.2, 0.25) is 0 Å². The fraction of sp³-hybridized carbons (Fsp3) is 0.400. The average Bonchev–Trinajstić information content (AvgIpc) is 1.87. The summed E-state index contributed by atoms with van der Waals surface area (Å²) >= 11 is 0. The average molecular weight is 143 g/mol. The SMILES string of the molecule is CC(C=NCC(=O)O)=NN. The predicted molar refractivity (Wildman–Crippen MR) is 38.3 cm³/mol. The molecule has 0 radical (unpaired) electrons. The van der Waals surface area contributed by atoms with Crippen molar-refractivity contribution in [3.63, 3.8) is 0 Å². The Morgan fingerprint density at radius 2 is 2.40 bits per heavy atom. The summed E-state index contributed by atoms with van der Waals surface area (Å²) in [4.78, 5) is 13.4. The summed E-state index contributed by atoms with van der Waals surface area (Å²) < 4.78 is 0. The minimum Gasteiger partial charge on any atom is -0.480 e. The quantitative estimate of drug-likeness (QED) is 0.316. The lowest BCUT2D eigenvalue weighted by Crippen LogP contribution is -2.03. The molecule has 0 bridgehead atoms. The number of nitrogens with two attached hydrogens (primary N) is 1. The monoisotopic (exact) mass is 143 g/mol. The van der Waals surface area contributed by atoms with E-state index in [1.54, 1.807) is 6.92 Å². The Labute approximate surface area is 58.3 Å². The largest absolute Gasteiger partial charge is 0.480 e. The van der Waals surface area contributed by atoms with Crippen LogP contribution in [0.4, 0.5) is 0 Å². The van der Waals surface area contributed by atoms with Crippen molar-refractivity contribution in [3.05, 3.63) is 0 Å². The first kappa shape index (κ1) is 8.61. The summed E-state index contributed by atoms with van der Waals surface area (Å²) in [6, 6.07) is 0. The second-order valence-electron chi connectivity index (χ2n) is 1.63. The molecule has 0 spiro atoms. The molecule has 5 heteroatoms. The highest BCUT2D eigenvalue weighted by Gasteiger charge is 1.89. The molecular weight excluding hydrogens is 134 g/mol. The molecule has 0 unspecified atom stereocenters. The molecule has 0 fully saturated rings. The molecule has 0 rings (SSSR count). The van der Waals surface area contributed by atoms with Gasteiger partial charge in [-0.25, -0.2) is 0 Å². The number of rotatable bonds is 3. The van der Waals surface area contributed by atoms with E-state index >= 15 is 0 Å². The number of hydrogen-bond acceptors (Lipinski definition) is 4. The molecule has 0 aliphatic rings. The van der Waals surface area contributed by atoms with E-state index in [1.165, 1.54) is 6.21 Å². The standard InChI is InChI=1S/C5H9N3O2/c1-4(8-6)2-7-3-5(9)10/h2H,3,6H2,1H3,(H,9,10). The van der Waals surface area contributed by atoms with E-state index in [4.69, 9.17) is 10.9 Å². The van der Waals surface area contributed by atoms with Crippen LogP contribution in [-0.2, 0) is 4.79 Å². The third-order valence-corrected chi connectivity index (χ3v) is 0.708. The summed E-state index contributed by atoms with van der Waals surface area (Å²) in [6.45, 7) is 1.39. The van der Waals surface area contributed by atoms with Crippen LogP contribution >= 0.6 is 0 Å². The highest BCUT2D eigenvalue weighted by molar-refractivity contribution is 6.29. The minimum atomic E-state index is -0.971. The zero-order chi connectivity index (χ0) is 7.98. The van der Waals surface area contributed by atoms with Crippen LogP contribution in [0.1, 0.15) is 6.92 Å². The molecule has 0 aromatic rings. The Morgan fingerprint density at radius 1 is 1.80 bits per heavy atom. The van der Waals surface area contributed by atoms with Gasteiger partial charge >= 0.3 is 5.97 Å². The molecule has 0 heterocycles. The van der Waals surface area contributed by atoms with Crippen LogP contribution in [0.3, 0.4) is 0 Å². The van der Waals surface area contributed by atoms with Crippen molar-refractivity contribution >= 4 is 17.9 Å². The molecule has 0 saturated carbocycles. The topological polar surface area (TPSA) is 88.0 Å². The molecule has 0 aliphatic heterocycles. The van der Waals surface area contributed by atoms with Crippen LogP contribution in [-0.4, -0.2) is 29.5 Å². The van der Waals surface area contributed by atoms with Crippen molar-refractivity contribution in [2.75, 3.05) is 6.54 Å². The molecule has 0 amide bonds. The Balaban J connectivity index is 3.67. The van der Waals surface area contributed by atoms with E-state index in [9.17, 15) is 4.79 Å². The van der Waals surface area contributed by atoms with E-state index in [-0.39, 0.29) is 6.54 Å². The first-order valence-corrected chi connectivity index (χ1v) is 2.63. The van der Waals surface area contributed by atoms with Crippen LogP contribution in [0.5, 0.6) is 0 Å². The molecule has 0 atom stereocenters. The number of carboxylic acids is 1. The maximum absolute atomic E-state index is 9.88. The van der Waals surface area contributed by atoms with Gasteiger partial charge in [-0.2, -0.15) is 5.10 Å². The van der Waals surface area contributed by atoms with Gasteiger partial charge in [0.1, 0.15) is 6.54 Å². The highest BCUT2D eigenvalue weighted by Crippen LogP contribution is 1.70. The van der Waals surface area contributed by atoms with E-state index in [1.807, 2.05) is 0 Å². The lowest BCUT2D eigenvalue weighted by molar-refractivity contribution is -0.135. The number of aliphatic imine (C=N–C) groups is 1. The van der Waals surface area contributed by atoms with Crippen molar-refractivity contribution in [2.45, 2.75) is 6.92 Å². The predicted octanol–water partition coefficient (Wildman–Crippen LogP) is -0.524. The van der Waals surface area contributed by atoms with Gasteiger partial charge in [0.15, 0.2) is 0 Å². The highest BCUT2D eigenvalue weighted by atomic mass is 16.4. The summed E-state index contributed by atoms with van der Waals surface area (Å²) in [5.41, 5.74) is 0.501. The Hall–Kier alpha value is -1.39. The van der Waals surface area contributed by atoms with E-state index in [0.29, 0.717) is 5.71 Å². The summed E-state index contributed by atoms with van der Waals surface area (Å²) in [6.07, 6.45) is 1.31. The number of carboxylic acid groups (broad SMARTS) is 1. The van der Waals surface area contributed by atoms with Crippen molar-refractivity contribution in [3.8, 4) is 0 Å². The Kier molecular flexibility index (Phi) is 3.86. The normalized spacial score (nSPS) is 12.3. The van der Waals surface area contributed by atoms with Gasteiger partial charge in [0.2, 0.25) is 0 Å². The van der Waals surface area contributed by atoms with E-state index < -0.39 is 5.97 Å². The molecule has 0 aromatic heterocycles. The maximum Gasteiger partial charge on any atom is 0.325 e. The molecule has 0 saturated heterocycles. The van der Waals surface area contributed by atoms with Gasteiger partial charge in [-0.05, 0) is 6.92 Å². The molecule has 56 valence electrons. The lowest BCUT2D eigenvalue weighted by Gasteiger charge is -1.85. The number of nitrogens with zero attached hydrogens (tertiary/aromatic N) is 2. The zero-order valence-corrected chi connectivity index (χ0v) is 5.61. The number of hydrogen-bond donors (Lipinski definition) is 2. The number of hydrazone groups is 1. The van der Waals surface area contributed by atoms with E-state index in [2.05, 4.69) is 10.1 Å². The third-order valence-electron chi connectivity index (χ3n) is 0.708. The van der Waals surface area contributed by atoms with Gasteiger partial charge in [-0.3, -0.25) is 9.79 Å². The van der Waals surface area contributed by atoms with Crippen LogP contribution in [0, 0.1) is 0 Å². The fourth-order valence-electron chi connectivity index (χ4n) is 0.289. The van der Waals surface area contributed by atoms with Crippen molar-refractivity contribution < 1.29 is 9.90 Å². The second-order valence-corrected chi connectivity index (χ2v) is 1.63. The number of carbonyl (C=O) groups is 1. The van der Waals surface area contributed by atoms with Crippen LogP contribution in [0.15, 0.2) is 10.1 Å². The van der Waals surface area contributed by atoms with E-state index in [0.717, 1.165) is 0 Å². The van der Waals surface area contributed by atoms with Gasteiger partial charge in [0, 0.05) is 6.21 Å². The number of aliphatic carboxylic acids is 1. The minimum absolute atomic E-state index is 0.243. The molecule has 10 heavy (non-hydrogen) atoms. The van der Waals surface area contributed by atoms with Gasteiger partial charge in [0.25, 0.3) is 0 Å². The smallest absolute Gasteiger partial charge is 0.325 e. The van der Waals surface area contributed by atoms with Gasteiger partial charge < -0.3 is 10.9 Å². The van der Waals surface area contributed by atoms with Crippen LogP contribution in [0.25, 0.3) is 0 Å². The summed E-state index contributed by atoms with van der Waals surface area (Å²) in [7, 11) is 0. The fourth-order valence-corrected chi connectivity index (χ4v) is 0.289. The van der Waals surface area contributed by atoms with Gasteiger partial charge in [-0.15, -0.1) is 0 Å². The molecule has 3 N–H and O–H groups in total. The van der Waals surface area contributed by atoms with Crippen molar-refractivity contribution in [2.24, 2.45) is 15.9 Å². The third kappa shape index (κ3) is 4.76. The molecule has 5 nitrogen and oxygen atoms in total. The first-order valence-electron chi connectivity index (χ1n) is 2.63. The molecule has 0 aromatic carbocycles. The zero-order valence-electron chi connectivity index (χ0n) is 5.61. The maximum atomic E-state index is 9.88. The molecule has 0 aliphatic carbocycles. The van der Waals surface area contributed by atoms with Crippen LogP contribution < -0.4 is 5.84 Å². The Morgan fingerprint density at radius 3 is 2.80 bits per heavy atom. The first-order chi connectivity index (χ1) is 4.66. The Bertz CT molecular complexity index is 174. The van der Waals surface area contributed by atoms with Gasteiger partial charge in [-0.1, -0.05) is 0 Å². The lowest BCUT2D eigenvalue weighted by atomic mass is 10.5. The molecular formula is C5H9N3O2. The second kappa shape index (κ2) is 4.49. The van der Waals surface area contributed by atoms with Crippen molar-refractivity contribution in [1.29, 1.82) is 0 Å². The van der Waals surface area contributed by atoms with Gasteiger partial charge in [0.05, 0.1) is 5.71 Å². The van der Waals surface area contributed by atoms with Crippen molar-refractivity contribution in [1.82, 2.24) is 0 Å². The summed E-state index contributed by atoms with van der Waals surface area (Å²) in [5, 5.41) is 11.4.